The number of anilines is 1. The number of aromatic nitrogens is 4. The van der Waals surface area contributed by atoms with E-state index in [2.05, 4.69) is 25.8 Å². The van der Waals surface area contributed by atoms with Gasteiger partial charge in [-0.3, -0.25) is 9.59 Å². The summed E-state index contributed by atoms with van der Waals surface area (Å²) in [6.07, 6.45) is 1.63. The number of benzene rings is 1. The number of nitrogens with one attached hydrogen (secondary N) is 2. The highest BCUT2D eigenvalue weighted by Crippen LogP contribution is 2.20. The molecule has 2 N–H and O–H groups in total. The van der Waals surface area contributed by atoms with Crippen molar-refractivity contribution >= 4 is 40.0 Å². The second-order valence-corrected chi connectivity index (χ2v) is 7.92. The molecule has 0 aliphatic rings. The zero-order valence-corrected chi connectivity index (χ0v) is 17.3. The molecule has 3 rings (SSSR count). The van der Waals surface area contributed by atoms with Crippen LogP contribution in [0.25, 0.3) is 0 Å². The van der Waals surface area contributed by atoms with Crippen LogP contribution in [0.3, 0.4) is 0 Å². The van der Waals surface area contributed by atoms with Crippen LogP contribution in [-0.4, -0.2) is 37.3 Å². The molecule has 0 fully saturated rings. The van der Waals surface area contributed by atoms with E-state index in [0.717, 1.165) is 5.56 Å². The van der Waals surface area contributed by atoms with Gasteiger partial charge < -0.3 is 15.2 Å². The van der Waals surface area contributed by atoms with Crippen LogP contribution in [0.2, 0.25) is 0 Å². The normalized spacial score (nSPS) is 11.8. The SMILES string of the molecule is Cc1ccccc1C(=O)N[C@@H](C)c1nnc(SCC(=O)Nc2nccs2)n1C. The molecule has 8 nitrogen and oxygen atoms in total. The van der Waals surface area contributed by atoms with E-state index in [9.17, 15) is 9.59 Å². The Morgan fingerprint density at radius 3 is 2.79 bits per heavy atom. The van der Waals surface area contributed by atoms with E-state index in [0.29, 0.717) is 21.7 Å². The Hall–Kier alpha value is -2.72. The molecule has 1 aromatic carbocycles. The van der Waals surface area contributed by atoms with Gasteiger partial charge in [0.2, 0.25) is 5.91 Å². The van der Waals surface area contributed by atoms with E-state index < -0.39 is 0 Å². The summed E-state index contributed by atoms with van der Waals surface area (Å²) in [5, 5.41) is 16.9. The fourth-order valence-electron chi connectivity index (χ4n) is 2.57. The van der Waals surface area contributed by atoms with Crippen molar-refractivity contribution < 1.29 is 9.59 Å². The summed E-state index contributed by atoms with van der Waals surface area (Å²) in [6, 6.07) is 7.08. The molecule has 0 unspecified atom stereocenters. The molecule has 2 amide bonds. The Labute approximate surface area is 170 Å². The second-order valence-electron chi connectivity index (χ2n) is 6.08. The molecule has 2 heterocycles. The third-order valence-electron chi connectivity index (χ3n) is 4.00. The van der Waals surface area contributed by atoms with Gasteiger partial charge in [0.15, 0.2) is 16.1 Å². The Balaban J connectivity index is 1.59. The maximum Gasteiger partial charge on any atom is 0.252 e. The molecule has 0 spiro atoms. The molecule has 0 aliphatic heterocycles. The van der Waals surface area contributed by atoms with E-state index in [1.807, 2.05) is 39.1 Å². The smallest absolute Gasteiger partial charge is 0.252 e. The first-order valence-electron chi connectivity index (χ1n) is 8.53. The van der Waals surface area contributed by atoms with Gasteiger partial charge in [-0.1, -0.05) is 30.0 Å². The molecule has 1 atom stereocenters. The Morgan fingerprint density at radius 1 is 1.29 bits per heavy atom. The minimum absolute atomic E-state index is 0.161. The van der Waals surface area contributed by atoms with E-state index in [1.54, 1.807) is 22.2 Å². The lowest BCUT2D eigenvalue weighted by molar-refractivity contribution is -0.113. The Bertz CT molecular complexity index is 970. The van der Waals surface area contributed by atoms with Gasteiger partial charge in [-0.25, -0.2) is 4.98 Å². The van der Waals surface area contributed by atoms with Crippen LogP contribution in [-0.2, 0) is 11.8 Å². The molecule has 28 heavy (non-hydrogen) atoms. The summed E-state index contributed by atoms with van der Waals surface area (Å²) in [6.45, 7) is 3.75. The van der Waals surface area contributed by atoms with Crippen LogP contribution in [0.4, 0.5) is 5.13 Å². The molecule has 2 aromatic heterocycles. The molecule has 0 saturated heterocycles. The number of hydrogen-bond donors (Lipinski definition) is 2. The molecule has 0 radical (unpaired) electrons. The van der Waals surface area contributed by atoms with Crippen LogP contribution in [0.5, 0.6) is 0 Å². The largest absolute Gasteiger partial charge is 0.342 e. The molecule has 0 saturated carbocycles. The zero-order chi connectivity index (χ0) is 20.1. The number of amides is 2. The average Bonchev–Trinajstić information content (AvgIpc) is 3.30. The molecule has 146 valence electrons. The average molecular weight is 417 g/mol. The summed E-state index contributed by atoms with van der Waals surface area (Å²) in [5.74, 6) is 0.482. The lowest BCUT2D eigenvalue weighted by atomic mass is 10.1. The van der Waals surface area contributed by atoms with Gasteiger partial charge >= 0.3 is 0 Å². The fourth-order valence-corrected chi connectivity index (χ4v) is 3.83. The van der Waals surface area contributed by atoms with Gasteiger partial charge in [0.25, 0.3) is 5.91 Å². The lowest BCUT2D eigenvalue weighted by Crippen LogP contribution is -2.29. The number of thioether (sulfide) groups is 1. The van der Waals surface area contributed by atoms with Crippen molar-refractivity contribution in [2.75, 3.05) is 11.1 Å². The monoisotopic (exact) mass is 416 g/mol. The van der Waals surface area contributed by atoms with Crippen LogP contribution in [0, 0.1) is 6.92 Å². The third kappa shape index (κ3) is 4.76. The maximum atomic E-state index is 12.5. The van der Waals surface area contributed by atoms with Crippen LogP contribution in [0.1, 0.15) is 34.7 Å². The van der Waals surface area contributed by atoms with Gasteiger partial charge in [0.1, 0.15) is 0 Å². The van der Waals surface area contributed by atoms with Crippen molar-refractivity contribution in [3.63, 3.8) is 0 Å². The van der Waals surface area contributed by atoms with E-state index in [-0.39, 0.29) is 23.6 Å². The number of hydrogen-bond acceptors (Lipinski definition) is 7. The quantitative estimate of drug-likeness (QED) is 0.574. The van der Waals surface area contributed by atoms with E-state index >= 15 is 0 Å². The van der Waals surface area contributed by atoms with Gasteiger partial charge in [-0.15, -0.1) is 21.5 Å². The van der Waals surface area contributed by atoms with Crippen molar-refractivity contribution in [3.8, 4) is 0 Å². The number of nitrogens with zero attached hydrogens (tertiary/aromatic N) is 4. The Kier molecular flexibility index (Phi) is 6.42. The van der Waals surface area contributed by atoms with Crippen molar-refractivity contribution in [2.45, 2.75) is 25.0 Å². The molecule has 3 aromatic rings. The molecular formula is C18H20N6O2S2. The molecule has 0 bridgehead atoms. The predicted molar refractivity (Wildman–Crippen MR) is 110 cm³/mol. The zero-order valence-electron chi connectivity index (χ0n) is 15.7. The standard InChI is InChI=1S/C18H20N6O2S2/c1-11-6-4-5-7-13(11)16(26)20-12(2)15-22-23-18(24(15)3)28-10-14(25)21-17-19-8-9-27-17/h4-9,12H,10H2,1-3H3,(H,20,26)(H,19,21,25)/t12-/m0/s1. The fraction of sp³-hybridized carbons (Fsp3) is 0.278. The summed E-state index contributed by atoms with van der Waals surface area (Å²) in [4.78, 5) is 28.5. The van der Waals surface area contributed by atoms with Gasteiger partial charge in [-0.2, -0.15) is 0 Å². The second kappa shape index (κ2) is 8.98. The van der Waals surface area contributed by atoms with Crippen molar-refractivity contribution in [2.24, 2.45) is 7.05 Å². The van der Waals surface area contributed by atoms with Crippen LogP contribution in [0.15, 0.2) is 41.0 Å². The first kappa shape index (κ1) is 20.0. The first-order chi connectivity index (χ1) is 13.5. The van der Waals surface area contributed by atoms with Crippen LogP contribution >= 0.6 is 23.1 Å². The van der Waals surface area contributed by atoms with Crippen LogP contribution < -0.4 is 10.6 Å². The summed E-state index contributed by atoms with van der Waals surface area (Å²) < 4.78 is 1.78. The van der Waals surface area contributed by atoms with E-state index in [1.165, 1.54) is 23.1 Å². The number of thiazole rings is 1. The highest BCUT2D eigenvalue weighted by atomic mass is 32.2. The maximum absolute atomic E-state index is 12.5. The number of carbonyl (C=O) groups is 2. The van der Waals surface area contributed by atoms with Gasteiger partial charge in [-0.05, 0) is 25.5 Å². The minimum Gasteiger partial charge on any atom is -0.342 e. The number of aryl methyl sites for hydroxylation is 1. The lowest BCUT2D eigenvalue weighted by Gasteiger charge is -2.14. The van der Waals surface area contributed by atoms with Crippen molar-refractivity contribution in [3.05, 3.63) is 52.8 Å². The van der Waals surface area contributed by atoms with Gasteiger partial charge in [0, 0.05) is 24.2 Å². The highest BCUT2D eigenvalue weighted by Gasteiger charge is 2.19. The summed E-state index contributed by atoms with van der Waals surface area (Å²) in [7, 11) is 1.81. The topological polar surface area (TPSA) is 102 Å². The minimum atomic E-state index is -0.330. The number of carbonyl (C=O) groups excluding carboxylic acids is 2. The Morgan fingerprint density at radius 2 is 2.07 bits per heavy atom. The first-order valence-corrected chi connectivity index (χ1v) is 10.4. The number of rotatable bonds is 7. The molecule has 10 heteroatoms. The van der Waals surface area contributed by atoms with Crippen molar-refractivity contribution in [1.82, 2.24) is 25.1 Å². The molecule has 0 aliphatic carbocycles. The van der Waals surface area contributed by atoms with E-state index in [4.69, 9.17) is 0 Å². The molecular weight excluding hydrogens is 396 g/mol. The summed E-state index contributed by atoms with van der Waals surface area (Å²) >= 11 is 2.64. The third-order valence-corrected chi connectivity index (χ3v) is 5.71. The van der Waals surface area contributed by atoms with Gasteiger partial charge in [0.05, 0.1) is 11.8 Å². The van der Waals surface area contributed by atoms with Crippen molar-refractivity contribution in [1.29, 1.82) is 0 Å². The summed E-state index contributed by atoms with van der Waals surface area (Å²) in [5.41, 5.74) is 1.54. The predicted octanol–water partition coefficient (Wildman–Crippen LogP) is 2.80. The highest BCUT2D eigenvalue weighted by molar-refractivity contribution is 7.99.